The quantitative estimate of drug-likeness (QED) is 0.288. The Morgan fingerprint density at radius 3 is 2.00 bits per heavy atom. The molecule has 2 rings (SSSR count). The van der Waals surface area contributed by atoms with Crippen molar-refractivity contribution < 1.29 is 20.1 Å². The molecule has 4 heteroatoms. The monoisotopic (exact) mass is 482 g/mol. The minimum atomic E-state index is -0.752. The van der Waals surface area contributed by atoms with Gasteiger partial charge < -0.3 is 20.1 Å². The molecule has 0 aliphatic rings. The molecule has 0 aromatic heterocycles. The number of aryl methyl sites for hydroxylation is 2. The van der Waals surface area contributed by atoms with Crippen LogP contribution in [0, 0.1) is 13.8 Å². The molecule has 194 valence electrons. The van der Waals surface area contributed by atoms with E-state index in [2.05, 4.69) is 64.1 Å². The highest BCUT2D eigenvalue weighted by atomic mass is 16.5. The highest BCUT2D eigenvalue weighted by Gasteiger charge is 2.31. The van der Waals surface area contributed by atoms with Gasteiger partial charge in [0.2, 0.25) is 0 Å². The summed E-state index contributed by atoms with van der Waals surface area (Å²) in [7, 11) is 0. The lowest BCUT2D eigenvalue weighted by Crippen LogP contribution is -2.26. The Kier molecular flexibility index (Phi) is 11.0. The molecule has 0 aliphatic carbocycles. The van der Waals surface area contributed by atoms with Crippen molar-refractivity contribution in [3.63, 3.8) is 0 Å². The second-order valence-electron chi connectivity index (χ2n) is 9.82. The van der Waals surface area contributed by atoms with Crippen LogP contribution in [0.5, 0.6) is 5.75 Å². The number of hydrogen-bond donors (Lipinski definition) is 3. The van der Waals surface area contributed by atoms with Gasteiger partial charge >= 0.3 is 0 Å². The number of rotatable bonds is 14. The maximum atomic E-state index is 10.6. The predicted molar refractivity (Wildman–Crippen MR) is 146 cm³/mol. The summed E-state index contributed by atoms with van der Waals surface area (Å²) in [4.78, 5) is 0. The van der Waals surface area contributed by atoms with E-state index in [1.165, 1.54) is 16.7 Å². The van der Waals surface area contributed by atoms with E-state index in [0.717, 1.165) is 29.7 Å². The van der Waals surface area contributed by atoms with Crippen molar-refractivity contribution in [2.24, 2.45) is 0 Å². The lowest BCUT2D eigenvalue weighted by molar-refractivity contribution is 0.0836. The minimum absolute atomic E-state index is 0.0807. The number of aliphatic hydroxyl groups excluding tert-OH is 2. The molecule has 0 unspecified atom stereocenters. The summed E-state index contributed by atoms with van der Waals surface area (Å²) in [6.45, 7) is 13.0. The van der Waals surface area contributed by atoms with Gasteiger partial charge in [0, 0.05) is 12.0 Å². The van der Waals surface area contributed by atoms with E-state index < -0.39 is 11.7 Å². The van der Waals surface area contributed by atoms with E-state index in [9.17, 15) is 10.2 Å². The second kappa shape index (κ2) is 13.2. The first kappa shape index (κ1) is 29.1. The zero-order valence-electron chi connectivity index (χ0n) is 22.6. The number of aliphatic hydroxyl groups is 3. The van der Waals surface area contributed by atoms with Crippen LogP contribution in [0.3, 0.4) is 0 Å². The normalized spacial score (nSPS) is 13.4. The van der Waals surface area contributed by atoms with Crippen molar-refractivity contribution in [2.45, 2.75) is 97.2 Å². The van der Waals surface area contributed by atoms with Crippen LogP contribution < -0.4 is 4.74 Å². The van der Waals surface area contributed by atoms with Crippen LogP contribution in [-0.4, -0.2) is 40.2 Å². The number of benzene rings is 2. The fourth-order valence-electron chi connectivity index (χ4n) is 4.83. The molecule has 0 saturated heterocycles. The zero-order valence-corrected chi connectivity index (χ0v) is 22.6. The van der Waals surface area contributed by atoms with Crippen molar-refractivity contribution in [1.29, 1.82) is 0 Å². The number of ether oxygens (including phenoxy) is 1. The van der Waals surface area contributed by atoms with Crippen molar-refractivity contribution >= 4 is 6.08 Å². The van der Waals surface area contributed by atoms with Crippen molar-refractivity contribution in [2.75, 3.05) is 13.2 Å². The topological polar surface area (TPSA) is 69.9 Å². The molecule has 0 heterocycles. The van der Waals surface area contributed by atoms with E-state index in [1.807, 2.05) is 26.0 Å². The molecule has 35 heavy (non-hydrogen) atoms. The molecule has 0 radical (unpaired) electrons. The Morgan fingerprint density at radius 2 is 1.49 bits per heavy atom. The van der Waals surface area contributed by atoms with E-state index in [4.69, 9.17) is 9.84 Å². The van der Waals surface area contributed by atoms with Crippen LogP contribution in [0.15, 0.2) is 42.5 Å². The molecule has 0 saturated carbocycles. The van der Waals surface area contributed by atoms with Crippen LogP contribution in [0.4, 0.5) is 0 Å². The third-order valence-corrected chi connectivity index (χ3v) is 7.68. The standard InChI is InChI=1S/C31H46O4/c1-7-30(34,8-2)18-17-25-13-14-26(20-23(25)5)31(9-3,10-4)27-15-16-29(24(6)21-27)35-22-28(33)12-11-19-32/h13-18,20-21,28,32-34H,7-12,19,22H2,1-6H3/t28-/m0/s1. The van der Waals surface area contributed by atoms with E-state index in [0.29, 0.717) is 25.7 Å². The summed E-state index contributed by atoms with van der Waals surface area (Å²) in [6.07, 6.45) is 7.87. The Hall–Kier alpha value is -2.14. The largest absolute Gasteiger partial charge is 0.491 e. The van der Waals surface area contributed by atoms with Crippen LogP contribution >= 0.6 is 0 Å². The van der Waals surface area contributed by atoms with Gasteiger partial charge in [0.05, 0.1) is 11.7 Å². The molecule has 0 amide bonds. The van der Waals surface area contributed by atoms with Gasteiger partial charge in [0.15, 0.2) is 0 Å². The van der Waals surface area contributed by atoms with Crippen molar-refractivity contribution in [3.8, 4) is 5.75 Å². The van der Waals surface area contributed by atoms with Gasteiger partial charge in [-0.25, -0.2) is 0 Å². The lowest BCUT2D eigenvalue weighted by atomic mass is 9.70. The molecule has 2 aromatic carbocycles. The van der Waals surface area contributed by atoms with Gasteiger partial charge in [-0.05, 0) is 86.3 Å². The first-order valence-corrected chi connectivity index (χ1v) is 13.2. The average Bonchev–Trinajstić information content (AvgIpc) is 2.87. The summed E-state index contributed by atoms with van der Waals surface area (Å²) in [5.74, 6) is 0.786. The van der Waals surface area contributed by atoms with Gasteiger partial charge in [-0.15, -0.1) is 0 Å². The Morgan fingerprint density at radius 1 is 0.886 bits per heavy atom. The summed E-state index contributed by atoms with van der Waals surface area (Å²) in [5, 5.41) is 29.6. The summed E-state index contributed by atoms with van der Waals surface area (Å²) in [6, 6.07) is 13.1. The minimum Gasteiger partial charge on any atom is -0.491 e. The van der Waals surface area contributed by atoms with Crippen LogP contribution in [0.25, 0.3) is 6.08 Å². The molecule has 0 bridgehead atoms. The maximum absolute atomic E-state index is 10.6. The van der Waals surface area contributed by atoms with E-state index >= 15 is 0 Å². The summed E-state index contributed by atoms with van der Waals surface area (Å²) in [5.41, 5.74) is 5.09. The molecule has 4 nitrogen and oxygen atoms in total. The van der Waals surface area contributed by atoms with Crippen LogP contribution in [0.1, 0.15) is 94.0 Å². The van der Waals surface area contributed by atoms with Gasteiger partial charge in [-0.3, -0.25) is 0 Å². The molecule has 3 N–H and O–H groups in total. The SMILES string of the molecule is CCC(O)(C=Cc1ccc(C(CC)(CC)c2ccc(OC[C@@H](O)CCCO)c(C)c2)cc1C)CC. The lowest BCUT2D eigenvalue weighted by Gasteiger charge is -2.34. The fraction of sp³-hybridized carbons (Fsp3) is 0.548. The third-order valence-electron chi connectivity index (χ3n) is 7.68. The van der Waals surface area contributed by atoms with Crippen LogP contribution in [0.2, 0.25) is 0 Å². The van der Waals surface area contributed by atoms with Gasteiger partial charge in [0.1, 0.15) is 12.4 Å². The highest BCUT2D eigenvalue weighted by Crippen LogP contribution is 2.41. The highest BCUT2D eigenvalue weighted by molar-refractivity contribution is 5.57. The molecular formula is C31H46O4. The Balaban J connectivity index is 2.32. The van der Waals surface area contributed by atoms with E-state index in [-0.39, 0.29) is 18.6 Å². The molecular weight excluding hydrogens is 436 g/mol. The molecule has 0 spiro atoms. The first-order valence-electron chi connectivity index (χ1n) is 13.2. The fourth-order valence-corrected chi connectivity index (χ4v) is 4.83. The van der Waals surface area contributed by atoms with Crippen molar-refractivity contribution in [3.05, 3.63) is 70.3 Å². The molecule has 1 atom stereocenters. The Bertz CT molecular complexity index is 954. The molecule has 2 aromatic rings. The smallest absolute Gasteiger partial charge is 0.122 e. The van der Waals surface area contributed by atoms with E-state index in [1.54, 1.807) is 0 Å². The first-order chi connectivity index (χ1) is 16.7. The Labute approximate surface area is 212 Å². The van der Waals surface area contributed by atoms with Gasteiger partial charge in [-0.1, -0.05) is 70.2 Å². The van der Waals surface area contributed by atoms with Crippen LogP contribution in [-0.2, 0) is 5.41 Å². The third kappa shape index (κ3) is 7.19. The average molecular weight is 483 g/mol. The molecule has 0 fully saturated rings. The van der Waals surface area contributed by atoms with Crippen molar-refractivity contribution in [1.82, 2.24) is 0 Å². The molecule has 0 aliphatic heterocycles. The van der Waals surface area contributed by atoms with Gasteiger partial charge in [-0.2, -0.15) is 0 Å². The van der Waals surface area contributed by atoms with Gasteiger partial charge in [0.25, 0.3) is 0 Å². The summed E-state index contributed by atoms with van der Waals surface area (Å²) >= 11 is 0. The summed E-state index contributed by atoms with van der Waals surface area (Å²) < 4.78 is 5.88. The number of hydrogen-bond acceptors (Lipinski definition) is 4. The maximum Gasteiger partial charge on any atom is 0.122 e. The predicted octanol–water partition coefficient (Wildman–Crippen LogP) is 6.49. The second-order valence-corrected chi connectivity index (χ2v) is 9.82. The zero-order chi connectivity index (χ0) is 26.1.